The van der Waals surface area contributed by atoms with E-state index in [1.54, 1.807) is 0 Å². The fourth-order valence-corrected chi connectivity index (χ4v) is 2.85. The van der Waals surface area contributed by atoms with Crippen LogP contribution in [0.4, 0.5) is 0 Å². The average molecular weight is 318 g/mol. The van der Waals surface area contributed by atoms with Crippen molar-refractivity contribution in [3.8, 4) is 0 Å². The zero-order chi connectivity index (χ0) is 17.6. The van der Waals surface area contributed by atoms with E-state index in [2.05, 4.69) is 39.6 Å². The molecule has 0 bridgehead atoms. The summed E-state index contributed by atoms with van der Waals surface area (Å²) in [5, 5.41) is 9.75. The van der Waals surface area contributed by atoms with Gasteiger partial charge in [-0.2, -0.15) is 0 Å². The molecule has 0 radical (unpaired) electrons. The van der Waals surface area contributed by atoms with Gasteiger partial charge in [-0.25, -0.2) is 0 Å². The van der Waals surface area contributed by atoms with E-state index in [9.17, 15) is 4.79 Å². The topological polar surface area (TPSA) is 79.1 Å². The zero-order valence-corrected chi connectivity index (χ0v) is 14.9. The molecule has 1 aromatic carbocycles. The first kappa shape index (κ1) is 19.2. The molecule has 4 nitrogen and oxygen atoms in total. The van der Waals surface area contributed by atoms with Crippen molar-refractivity contribution in [1.82, 2.24) is 4.98 Å². The SMILES string of the molecule is CC(C)CC(C)(C)C.NC(Cc1c[nH]c2ccccc12)C(=O)O. The van der Waals surface area contributed by atoms with Crippen molar-refractivity contribution < 1.29 is 9.90 Å². The Morgan fingerprint density at radius 3 is 2.35 bits per heavy atom. The lowest BCUT2D eigenvalue weighted by Gasteiger charge is -2.19. The molecule has 0 spiro atoms. The first-order valence-corrected chi connectivity index (χ1v) is 8.13. The third-order valence-electron chi connectivity index (χ3n) is 3.45. The Balaban J connectivity index is 0.000000284. The van der Waals surface area contributed by atoms with Crippen molar-refractivity contribution >= 4 is 16.9 Å². The molecule has 1 atom stereocenters. The zero-order valence-electron chi connectivity index (χ0n) is 14.9. The molecule has 0 saturated carbocycles. The number of nitrogens with one attached hydrogen (secondary N) is 1. The number of rotatable bonds is 4. The number of fused-ring (bicyclic) bond motifs is 1. The van der Waals surface area contributed by atoms with E-state index in [0.29, 0.717) is 11.8 Å². The van der Waals surface area contributed by atoms with Gasteiger partial charge in [0, 0.05) is 23.5 Å². The minimum atomic E-state index is -0.972. The van der Waals surface area contributed by atoms with Crippen LogP contribution in [-0.2, 0) is 11.2 Å². The number of carboxylic acid groups (broad SMARTS) is 1. The number of aromatic amines is 1. The van der Waals surface area contributed by atoms with Crippen LogP contribution in [0.25, 0.3) is 10.9 Å². The summed E-state index contributed by atoms with van der Waals surface area (Å²) in [6, 6.07) is 6.91. The second kappa shape index (κ2) is 8.16. The highest BCUT2D eigenvalue weighted by molar-refractivity contribution is 5.84. The Kier molecular flexibility index (Phi) is 6.82. The highest BCUT2D eigenvalue weighted by Gasteiger charge is 2.14. The largest absolute Gasteiger partial charge is 0.480 e. The van der Waals surface area contributed by atoms with Gasteiger partial charge in [0.15, 0.2) is 0 Å². The number of nitrogens with two attached hydrogens (primary N) is 1. The molecule has 128 valence electrons. The number of carbonyl (C=O) groups is 1. The van der Waals surface area contributed by atoms with Gasteiger partial charge in [-0.15, -0.1) is 0 Å². The Hall–Kier alpha value is -1.81. The van der Waals surface area contributed by atoms with Crippen molar-refractivity contribution in [2.75, 3.05) is 0 Å². The molecule has 2 aromatic rings. The van der Waals surface area contributed by atoms with Gasteiger partial charge < -0.3 is 15.8 Å². The lowest BCUT2D eigenvalue weighted by molar-refractivity contribution is -0.138. The van der Waals surface area contributed by atoms with Gasteiger partial charge in [-0.3, -0.25) is 4.79 Å². The number of aliphatic carboxylic acids is 1. The van der Waals surface area contributed by atoms with Crippen LogP contribution in [0.1, 0.15) is 46.6 Å². The fraction of sp³-hybridized carbons (Fsp3) is 0.526. The smallest absolute Gasteiger partial charge is 0.320 e. The van der Waals surface area contributed by atoms with E-state index in [0.717, 1.165) is 22.4 Å². The quantitative estimate of drug-likeness (QED) is 0.790. The van der Waals surface area contributed by atoms with Gasteiger partial charge in [-0.1, -0.05) is 52.8 Å². The van der Waals surface area contributed by atoms with Crippen LogP contribution in [0.3, 0.4) is 0 Å². The molecular weight excluding hydrogens is 288 g/mol. The van der Waals surface area contributed by atoms with E-state index in [4.69, 9.17) is 10.8 Å². The summed E-state index contributed by atoms with van der Waals surface area (Å²) >= 11 is 0. The Morgan fingerprint density at radius 2 is 1.87 bits per heavy atom. The molecule has 2 rings (SSSR count). The molecule has 0 aliphatic heterocycles. The number of hydrogen-bond donors (Lipinski definition) is 3. The van der Waals surface area contributed by atoms with Gasteiger partial charge in [0.25, 0.3) is 0 Å². The van der Waals surface area contributed by atoms with Gasteiger partial charge in [0.1, 0.15) is 6.04 Å². The molecule has 1 unspecified atom stereocenters. The summed E-state index contributed by atoms with van der Waals surface area (Å²) in [6.07, 6.45) is 3.49. The highest BCUT2D eigenvalue weighted by atomic mass is 16.4. The number of carboxylic acids is 1. The van der Waals surface area contributed by atoms with E-state index >= 15 is 0 Å². The fourth-order valence-electron chi connectivity index (χ4n) is 2.85. The van der Waals surface area contributed by atoms with Crippen molar-refractivity contribution in [2.24, 2.45) is 17.1 Å². The molecule has 4 heteroatoms. The third kappa shape index (κ3) is 6.87. The van der Waals surface area contributed by atoms with Crippen LogP contribution >= 0.6 is 0 Å². The van der Waals surface area contributed by atoms with Crippen LogP contribution in [0, 0.1) is 11.3 Å². The maximum atomic E-state index is 10.6. The first-order chi connectivity index (χ1) is 10.6. The number of H-pyrrole nitrogens is 1. The van der Waals surface area contributed by atoms with Gasteiger partial charge in [-0.05, 0) is 29.4 Å². The van der Waals surface area contributed by atoms with Gasteiger partial charge >= 0.3 is 5.97 Å². The monoisotopic (exact) mass is 318 g/mol. The van der Waals surface area contributed by atoms with E-state index in [1.807, 2.05) is 30.5 Å². The first-order valence-electron chi connectivity index (χ1n) is 8.13. The predicted octanol–water partition coefficient (Wildman–Crippen LogP) is 4.20. The third-order valence-corrected chi connectivity index (χ3v) is 3.45. The summed E-state index contributed by atoms with van der Waals surface area (Å²) in [7, 11) is 0. The Bertz CT molecular complexity index is 624. The van der Waals surface area contributed by atoms with E-state index in [1.165, 1.54) is 6.42 Å². The molecule has 0 fully saturated rings. The van der Waals surface area contributed by atoms with Crippen LogP contribution < -0.4 is 5.73 Å². The molecule has 4 N–H and O–H groups in total. The summed E-state index contributed by atoms with van der Waals surface area (Å²) in [6.45, 7) is 11.4. The molecular formula is C19H30N2O2. The van der Waals surface area contributed by atoms with E-state index in [-0.39, 0.29) is 0 Å². The molecule has 0 aliphatic rings. The summed E-state index contributed by atoms with van der Waals surface area (Å²) in [4.78, 5) is 13.7. The summed E-state index contributed by atoms with van der Waals surface area (Å²) < 4.78 is 0. The number of benzene rings is 1. The van der Waals surface area contributed by atoms with Crippen molar-refractivity contribution in [3.63, 3.8) is 0 Å². The maximum Gasteiger partial charge on any atom is 0.320 e. The lowest BCUT2D eigenvalue weighted by atomic mass is 9.86. The molecule has 1 aromatic heterocycles. The van der Waals surface area contributed by atoms with Crippen LogP contribution in [0.2, 0.25) is 0 Å². The average Bonchev–Trinajstić information content (AvgIpc) is 2.80. The van der Waals surface area contributed by atoms with Gasteiger partial charge in [0.05, 0.1) is 0 Å². The van der Waals surface area contributed by atoms with Crippen LogP contribution in [0.15, 0.2) is 30.5 Å². The van der Waals surface area contributed by atoms with Crippen molar-refractivity contribution in [1.29, 1.82) is 0 Å². The minimum Gasteiger partial charge on any atom is -0.480 e. The summed E-state index contributed by atoms with van der Waals surface area (Å²) in [5.74, 6) is -0.129. The highest BCUT2D eigenvalue weighted by Crippen LogP contribution is 2.23. The Labute approximate surface area is 139 Å². The standard InChI is InChI=1S/C11H12N2O2.C8H18/c12-9(11(14)15)5-7-6-13-10-4-2-1-3-8(7)10;1-7(2)6-8(3,4)5/h1-4,6,9,13H,5,12H2,(H,14,15);7H,6H2,1-5H3. The summed E-state index contributed by atoms with van der Waals surface area (Å²) in [5.41, 5.74) is 7.96. The van der Waals surface area contributed by atoms with E-state index < -0.39 is 12.0 Å². The normalized spacial score (nSPS) is 12.8. The van der Waals surface area contributed by atoms with Crippen LogP contribution in [-0.4, -0.2) is 22.1 Å². The second-order valence-corrected chi connectivity index (χ2v) is 7.67. The van der Waals surface area contributed by atoms with Crippen molar-refractivity contribution in [2.45, 2.75) is 53.5 Å². The lowest BCUT2D eigenvalue weighted by Crippen LogP contribution is -2.32. The number of hydrogen-bond acceptors (Lipinski definition) is 2. The van der Waals surface area contributed by atoms with Crippen molar-refractivity contribution in [3.05, 3.63) is 36.0 Å². The second-order valence-electron chi connectivity index (χ2n) is 7.67. The molecule has 0 aliphatic carbocycles. The number of aromatic nitrogens is 1. The molecule has 23 heavy (non-hydrogen) atoms. The number of para-hydroxylation sites is 1. The minimum absolute atomic E-state index is 0.347. The van der Waals surface area contributed by atoms with Gasteiger partial charge in [0.2, 0.25) is 0 Å². The predicted molar refractivity (Wildman–Crippen MR) is 96.5 cm³/mol. The molecule has 0 saturated heterocycles. The molecule has 1 heterocycles. The molecule has 0 amide bonds. The van der Waals surface area contributed by atoms with Crippen LogP contribution in [0.5, 0.6) is 0 Å². The maximum absolute atomic E-state index is 10.6. The Morgan fingerprint density at radius 1 is 1.26 bits per heavy atom.